The maximum Gasteiger partial charge on any atom is 0.343 e. The Balaban J connectivity index is 2.11. The summed E-state index contributed by atoms with van der Waals surface area (Å²) in [6.07, 6.45) is 8.54. The molecule has 1 aliphatic carbocycles. The summed E-state index contributed by atoms with van der Waals surface area (Å²) in [5, 5.41) is 11.5. The molecule has 2 rings (SSSR count). The van der Waals surface area contributed by atoms with E-state index in [-0.39, 0.29) is 12.0 Å². The van der Waals surface area contributed by atoms with Crippen LogP contribution in [0.15, 0.2) is 42.5 Å². The van der Waals surface area contributed by atoms with Crippen LogP contribution in [0.3, 0.4) is 0 Å². The van der Waals surface area contributed by atoms with Crippen LogP contribution in [0.25, 0.3) is 0 Å². The van der Waals surface area contributed by atoms with Crippen LogP contribution >= 0.6 is 0 Å². The van der Waals surface area contributed by atoms with Crippen LogP contribution in [-0.2, 0) is 15.1 Å². The summed E-state index contributed by atoms with van der Waals surface area (Å²) in [4.78, 5) is 15.4. The molecule has 1 N–H and O–H groups in total. The Labute approximate surface area is 164 Å². The molecular formula is C23H35NO3. The molecule has 1 aromatic carbocycles. The van der Waals surface area contributed by atoms with Gasteiger partial charge in [0.05, 0.1) is 0 Å². The van der Waals surface area contributed by atoms with E-state index >= 15 is 0 Å². The molecule has 4 nitrogen and oxygen atoms in total. The highest BCUT2D eigenvalue weighted by Gasteiger charge is 2.47. The van der Waals surface area contributed by atoms with E-state index in [4.69, 9.17) is 4.74 Å². The molecular weight excluding hydrogens is 338 g/mol. The number of rotatable bonds is 9. The van der Waals surface area contributed by atoms with E-state index in [0.717, 1.165) is 45.3 Å². The molecule has 1 saturated carbocycles. The molecule has 0 heterocycles. The molecule has 2 atom stereocenters. The second-order valence-electron chi connectivity index (χ2n) is 7.49. The summed E-state index contributed by atoms with van der Waals surface area (Å²) < 4.78 is 5.68. The van der Waals surface area contributed by atoms with Crippen molar-refractivity contribution >= 4 is 5.97 Å². The summed E-state index contributed by atoms with van der Waals surface area (Å²) in [7, 11) is 0. The minimum absolute atomic E-state index is 0.0898. The van der Waals surface area contributed by atoms with Gasteiger partial charge in [-0.15, -0.1) is 0 Å². The van der Waals surface area contributed by atoms with Crippen molar-refractivity contribution in [3.63, 3.8) is 0 Å². The van der Waals surface area contributed by atoms with Gasteiger partial charge < -0.3 is 14.7 Å². The molecule has 2 unspecified atom stereocenters. The maximum absolute atomic E-state index is 13.1. The predicted octanol–water partition coefficient (Wildman–Crippen LogP) is 4.28. The Kier molecular flexibility index (Phi) is 8.52. The quantitative estimate of drug-likeness (QED) is 0.518. The van der Waals surface area contributed by atoms with Crippen LogP contribution in [0, 0.1) is 5.92 Å². The maximum atomic E-state index is 13.1. The van der Waals surface area contributed by atoms with E-state index in [1.165, 1.54) is 6.42 Å². The van der Waals surface area contributed by atoms with E-state index in [0.29, 0.717) is 5.56 Å². The second-order valence-corrected chi connectivity index (χ2v) is 7.49. The molecule has 1 fully saturated rings. The van der Waals surface area contributed by atoms with Crippen molar-refractivity contribution in [1.82, 2.24) is 4.90 Å². The third-order valence-electron chi connectivity index (χ3n) is 5.68. The first kappa shape index (κ1) is 21.6. The fourth-order valence-electron chi connectivity index (χ4n) is 3.91. The van der Waals surface area contributed by atoms with Crippen molar-refractivity contribution in [2.75, 3.05) is 19.6 Å². The van der Waals surface area contributed by atoms with Gasteiger partial charge >= 0.3 is 5.97 Å². The van der Waals surface area contributed by atoms with E-state index in [1.807, 2.05) is 49.4 Å². The summed E-state index contributed by atoms with van der Waals surface area (Å²) in [6, 6.07) is 9.29. The van der Waals surface area contributed by atoms with Gasteiger partial charge in [-0.1, -0.05) is 69.5 Å². The van der Waals surface area contributed by atoms with Gasteiger partial charge in [-0.05, 0) is 44.5 Å². The summed E-state index contributed by atoms with van der Waals surface area (Å²) >= 11 is 0. The highest BCUT2D eigenvalue weighted by molar-refractivity contribution is 5.81. The van der Waals surface area contributed by atoms with Crippen LogP contribution in [0.1, 0.15) is 58.4 Å². The smallest absolute Gasteiger partial charge is 0.343 e. The Morgan fingerprint density at radius 2 is 1.85 bits per heavy atom. The fourth-order valence-corrected chi connectivity index (χ4v) is 3.91. The van der Waals surface area contributed by atoms with Gasteiger partial charge in [0.2, 0.25) is 0 Å². The molecule has 0 radical (unpaired) electrons. The summed E-state index contributed by atoms with van der Waals surface area (Å²) in [5.41, 5.74) is -0.927. The van der Waals surface area contributed by atoms with Crippen LogP contribution in [0.5, 0.6) is 0 Å². The average molecular weight is 374 g/mol. The number of hydrogen-bond donors (Lipinski definition) is 1. The zero-order chi connectivity index (χ0) is 19.7. The number of aliphatic hydroxyl groups is 1. The largest absolute Gasteiger partial charge is 0.456 e. The molecule has 1 aromatic rings. The first-order valence-corrected chi connectivity index (χ1v) is 10.4. The van der Waals surface area contributed by atoms with Gasteiger partial charge in [0.25, 0.3) is 0 Å². The minimum atomic E-state index is -1.57. The lowest BCUT2D eigenvalue weighted by Gasteiger charge is -2.37. The van der Waals surface area contributed by atoms with Gasteiger partial charge in [0, 0.05) is 12.5 Å². The second kappa shape index (κ2) is 10.6. The SMILES string of the molecule is CCN(CC)CC=CC(C)OC(=O)C(O)(c1ccccc1)C1CCCCC1. The summed E-state index contributed by atoms with van der Waals surface area (Å²) in [6.45, 7) is 8.92. The number of esters is 1. The van der Waals surface area contributed by atoms with Crippen LogP contribution in [0.2, 0.25) is 0 Å². The van der Waals surface area contributed by atoms with Crippen molar-refractivity contribution in [3.05, 3.63) is 48.0 Å². The molecule has 150 valence electrons. The Morgan fingerprint density at radius 3 is 2.44 bits per heavy atom. The van der Waals surface area contributed by atoms with E-state index in [2.05, 4.69) is 18.7 Å². The van der Waals surface area contributed by atoms with Crippen molar-refractivity contribution in [2.45, 2.75) is 64.6 Å². The average Bonchev–Trinajstić information content (AvgIpc) is 2.71. The van der Waals surface area contributed by atoms with Crippen molar-refractivity contribution in [3.8, 4) is 0 Å². The number of ether oxygens (including phenoxy) is 1. The zero-order valence-corrected chi connectivity index (χ0v) is 17.1. The number of nitrogens with zero attached hydrogens (tertiary/aromatic N) is 1. The monoisotopic (exact) mass is 373 g/mol. The van der Waals surface area contributed by atoms with Gasteiger partial charge in [-0.2, -0.15) is 0 Å². The van der Waals surface area contributed by atoms with E-state index in [9.17, 15) is 9.90 Å². The number of carbonyl (C=O) groups excluding carboxylic acids is 1. The van der Waals surface area contributed by atoms with Crippen molar-refractivity contribution in [1.29, 1.82) is 0 Å². The molecule has 0 saturated heterocycles. The van der Waals surface area contributed by atoms with Gasteiger partial charge in [0.15, 0.2) is 5.60 Å². The first-order chi connectivity index (χ1) is 13.0. The minimum Gasteiger partial charge on any atom is -0.456 e. The van der Waals surface area contributed by atoms with Crippen molar-refractivity contribution < 1.29 is 14.6 Å². The Hall–Kier alpha value is -1.65. The van der Waals surface area contributed by atoms with Crippen molar-refractivity contribution in [2.24, 2.45) is 5.92 Å². The van der Waals surface area contributed by atoms with Gasteiger partial charge in [-0.25, -0.2) is 4.79 Å². The van der Waals surface area contributed by atoms with Crippen LogP contribution in [-0.4, -0.2) is 41.7 Å². The topological polar surface area (TPSA) is 49.8 Å². The predicted molar refractivity (Wildman–Crippen MR) is 109 cm³/mol. The number of carbonyl (C=O) groups is 1. The number of likely N-dealkylation sites (N-methyl/N-ethyl adjacent to an activating group) is 1. The molecule has 4 heteroatoms. The van der Waals surface area contributed by atoms with Gasteiger partial charge in [-0.3, -0.25) is 0 Å². The molecule has 0 aliphatic heterocycles. The van der Waals surface area contributed by atoms with Gasteiger partial charge in [0.1, 0.15) is 6.10 Å². The first-order valence-electron chi connectivity index (χ1n) is 10.4. The molecule has 0 aromatic heterocycles. The number of hydrogen-bond acceptors (Lipinski definition) is 4. The third-order valence-corrected chi connectivity index (χ3v) is 5.68. The molecule has 0 amide bonds. The van der Waals surface area contributed by atoms with Crippen LogP contribution < -0.4 is 0 Å². The molecule has 27 heavy (non-hydrogen) atoms. The Bertz CT molecular complexity index is 591. The fraction of sp³-hybridized carbons (Fsp3) is 0.609. The number of benzene rings is 1. The third kappa shape index (κ3) is 5.66. The highest BCUT2D eigenvalue weighted by Crippen LogP contribution is 2.40. The molecule has 1 aliphatic rings. The normalized spacial score (nSPS) is 19.1. The Morgan fingerprint density at radius 1 is 1.22 bits per heavy atom. The standard InChI is InChI=1S/C23H35NO3/c1-4-24(5-2)18-12-13-19(3)27-22(25)23(26,20-14-8-6-9-15-20)21-16-10-7-11-17-21/h6,8-9,12-15,19,21,26H,4-5,7,10-11,16-18H2,1-3H3. The lowest BCUT2D eigenvalue weighted by molar-refractivity contribution is -0.178. The lowest BCUT2D eigenvalue weighted by Crippen LogP contribution is -2.46. The van der Waals surface area contributed by atoms with E-state index in [1.54, 1.807) is 0 Å². The molecule has 0 bridgehead atoms. The zero-order valence-electron chi connectivity index (χ0n) is 17.1. The lowest BCUT2D eigenvalue weighted by atomic mass is 9.73. The summed E-state index contributed by atoms with van der Waals surface area (Å²) in [5.74, 6) is -0.617. The van der Waals surface area contributed by atoms with E-state index < -0.39 is 11.6 Å². The highest BCUT2D eigenvalue weighted by atomic mass is 16.6. The van der Waals surface area contributed by atoms with Crippen LogP contribution in [0.4, 0.5) is 0 Å². The molecule has 0 spiro atoms.